The van der Waals surface area contributed by atoms with Crippen molar-refractivity contribution in [3.05, 3.63) is 64.6 Å². The summed E-state index contributed by atoms with van der Waals surface area (Å²) in [7, 11) is -1.99. The van der Waals surface area contributed by atoms with E-state index >= 15 is 0 Å². The molecular weight excluding hydrogens is 336 g/mol. The van der Waals surface area contributed by atoms with Crippen LogP contribution in [0.25, 0.3) is 6.08 Å². The monoisotopic (exact) mass is 356 g/mol. The summed E-state index contributed by atoms with van der Waals surface area (Å²) in [5.74, 6) is 0. The number of rotatable bonds is 6. The molecule has 0 unspecified atom stereocenters. The molecule has 0 amide bonds. The average molecular weight is 356 g/mol. The fraction of sp³-hybridized carbons (Fsp3) is 0.211. The van der Waals surface area contributed by atoms with Crippen LogP contribution in [0.15, 0.2) is 58.3 Å². The van der Waals surface area contributed by atoms with Crippen LogP contribution in [0.5, 0.6) is 0 Å². The predicted octanol–water partition coefficient (Wildman–Crippen LogP) is 2.76. The van der Waals surface area contributed by atoms with Crippen LogP contribution in [0.1, 0.15) is 11.1 Å². The summed E-state index contributed by atoms with van der Waals surface area (Å²) in [5.41, 5.74) is 2.46. The molecule has 0 aliphatic heterocycles. The first-order chi connectivity index (χ1) is 11.9. The summed E-state index contributed by atoms with van der Waals surface area (Å²) in [6.07, 6.45) is 1.37. The van der Waals surface area contributed by atoms with E-state index in [1.54, 1.807) is 30.3 Å². The van der Waals surface area contributed by atoms with Crippen LogP contribution in [0.4, 0.5) is 5.69 Å². The standard InChI is InChI=1S/C19H20N2O3S/c1-15-3-9-18(10-4-15)25(23,24)19(14-20)13-16-5-7-17(8-6-16)21(2)11-12-22/h3-10,13,22H,11-12H2,1-2H3/b19-13+. The van der Waals surface area contributed by atoms with Crippen molar-refractivity contribution < 1.29 is 13.5 Å². The van der Waals surface area contributed by atoms with Crippen molar-refractivity contribution in [2.75, 3.05) is 25.1 Å². The van der Waals surface area contributed by atoms with E-state index in [0.717, 1.165) is 11.3 Å². The highest BCUT2D eigenvalue weighted by Crippen LogP contribution is 2.22. The maximum Gasteiger partial charge on any atom is 0.216 e. The minimum atomic E-state index is -3.84. The van der Waals surface area contributed by atoms with E-state index < -0.39 is 9.84 Å². The minimum absolute atomic E-state index is 0.0472. The van der Waals surface area contributed by atoms with Crippen molar-refractivity contribution in [2.45, 2.75) is 11.8 Å². The van der Waals surface area contributed by atoms with Crippen molar-refractivity contribution in [3.8, 4) is 6.07 Å². The Balaban J connectivity index is 2.34. The van der Waals surface area contributed by atoms with Gasteiger partial charge in [0.25, 0.3) is 0 Å². The number of sulfone groups is 1. The Morgan fingerprint density at radius 2 is 1.76 bits per heavy atom. The summed E-state index contributed by atoms with van der Waals surface area (Å²) in [6.45, 7) is 2.42. The van der Waals surface area contributed by atoms with Crippen molar-refractivity contribution in [2.24, 2.45) is 0 Å². The SMILES string of the molecule is Cc1ccc(S(=O)(=O)/C(C#N)=C/c2ccc(N(C)CCO)cc2)cc1. The zero-order chi connectivity index (χ0) is 18.4. The van der Waals surface area contributed by atoms with Gasteiger partial charge in [-0.3, -0.25) is 0 Å². The van der Waals surface area contributed by atoms with E-state index in [-0.39, 0.29) is 16.4 Å². The van der Waals surface area contributed by atoms with E-state index in [9.17, 15) is 13.7 Å². The molecule has 130 valence electrons. The molecule has 0 heterocycles. The number of aliphatic hydroxyl groups is 1. The second kappa shape index (κ2) is 7.97. The molecule has 1 N–H and O–H groups in total. The molecule has 25 heavy (non-hydrogen) atoms. The number of likely N-dealkylation sites (N-methyl/N-ethyl adjacent to an activating group) is 1. The van der Waals surface area contributed by atoms with E-state index in [1.807, 2.05) is 31.0 Å². The average Bonchev–Trinajstić information content (AvgIpc) is 2.60. The molecule has 0 aromatic heterocycles. The van der Waals surface area contributed by atoms with Gasteiger partial charge in [0.05, 0.1) is 11.5 Å². The maximum absolute atomic E-state index is 12.6. The summed E-state index contributed by atoms with van der Waals surface area (Å²) < 4.78 is 25.2. The number of nitriles is 1. The van der Waals surface area contributed by atoms with Crippen LogP contribution in [0, 0.1) is 18.3 Å². The molecule has 0 aliphatic rings. The predicted molar refractivity (Wildman–Crippen MR) is 98.8 cm³/mol. The number of aliphatic hydroxyl groups excluding tert-OH is 1. The van der Waals surface area contributed by atoms with Gasteiger partial charge >= 0.3 is 0 Å². The highest BCUT2D eigenvalue weighted by molar-refractivity contribution is 7.95. The second-order valence-corrected chi connectivity index (χ2v) is 7.59. The molecule has 0 bridgehead atoms. The zero-order valence-corrected chi connectivity index (χ0v) is 15.0. The quantitative estimate of drug-likeness (QED) is 0.805. The lowest BCUT2D eigenvalue weighted by Crippen LogP contribution is -2.20. The molecule has 0 fully saturated rings. The highest BCUT2D eigenvalue weighted by Gasteiger charge is 2.20. The first-order valence-corrected chi connectivity index (χ1v) is 9.22. The lowest BCUT2D eigenvalue weighted by molar-refractivity contribution is 0.304. The number of benzene rings is 2. The number of aryl methyl sites for hydroxylation is 1. The van der Waals surface area contributed by atoms with Crippen molar-refractivity contribution >= 4 is 21.6 Å². The van der Waals surface area contributed by atoms with E-state index in [1.165, 1.54) is 18.2 Å². The van der Waals surface area contributed by atoms with Crippen LogP contribution in [-0.2, 0) is 9.84 Å². The van der Waals surface area contributed by atoms with Gasteiger partial charge in [-0.25, -0.2) is 8.42 Å². The van der Waals surface area contributed by atoms with E-state index in [0.29, 0.717) is 12.1 Å². The Kier molecular flexibility index (Phi) is 5.97. The van der Waals surface area contributed by atoms with Crippen molar-refractivity contribution in [1.29, 1.82) is 5.26 Å². The fourth-order valence-corrected chi connectivity index (χ4v) is 3.43. The first kappa shape index (κ1) is 18.7. The van der Waals surface area contributed by atoms with Crippen LogP contribution in [-0.4, -0.2) is 33.7 Å². The molecule has 0 aliphatic carbocycles. The number of hydrogen-bond acceptors (Lipinski definition) is 5. The molecule has 5 nitrogen and oxygen atoms in total. The Labute approximate surface area is 148 Å². The third kappa shape index (κ3) is 4.47. The summed E-state index contributed by atoms with van der Waals surface area (Å²) in [5, 5.41) is 18.3. The molecule has 0 radical (unpaired) electrons. The van der Waals surface area contributed by atoms with Gasteiger partial charge < -0.3 is 10.0 Å². The summed E-state index contributed by atoms with van der Waals surface area (Å²) in [6, 6.07) is 15.3. The molecule has 0 spiro atoms. The third-order valence-electron chi connectivity index (χ3n) is 3.80. The van der Waals surface area contributed by atoms with Crippen LogP contribution in [0.3, 0.4) is 0 Å². The molecule has 0 saturated heterocycles. The van der Waals surface area contributed by atoms with Gasteiger partial charge in [-0.1, -0.05) is 29.8 Å². The Morgan fingerprint density at radius 3 is 2.28 bits per heavy atom. The number of nitrogens with zero attached hydrogens (tertiary/aromatic N) is 2. The van der Waals surface area contributed by atoms with Gasteiger partial charge in [0, 0.05) is 19.3 Å². The van der Waals surface area contributed by atoms with E-state index in [4.69, 9.17) is 5.11 Å². The Bertz CT molecular complexity index is 893. The van der Waals surface area contributed by atoms with Crippen molar-refractivity contribution in [1.82, 2.24) is 0 Å². The van der Waals surface area contributed by atoms with Crippen molar-refractivity contribution in [3.63, 3.8) is 0 Å². The molecule has 2 rings (SSSR count). The summed E-state index contributed by atoms with van der Waals surface area (Å²) in [4.78, 5) is 1.68. The van der Waals surface area contributed by atoms with Crippen LogP contribution < -0.4 is 4.90 Å². The van der Waals surface area contributed by atoms with Gasteiger partial charge in [0.2, 0.25) is 9.84 Å². The Hall–Kier alpha value is -2.62. The molecule has 6 heteroatoms. The number of anilines is 1. The molecule has 2 aromatic rings. The van der Waals surface area contributed by atoms with Gasteiger partial charge in [0.1, 0.15) is 11.0 Å². The lowest BCUT2D eigenvalue weighted by atomic mass is 10.2. The minimum Gasteiger partial charge on any atom is -0.395 e. The molecule has 0 saturated carbocycles. The lowest BCUT2D eigenvalue weighted by Gasteiger charge is -2.17. The van der Waals surface area contributed by atoms with Gasteiger partial charge in [-0.15, -0.1) is 0 Å². The fourth-order valence-electron chi connectivity index (χ4n) is 2.27. The van der Waals surface area contributed by atoms with Gasteiger partial charge in [-0.05, 0) is 42.8 Å². The zero-order valence-electron chi connectivity index (χ0n) is 14.2. The smallest absolute Gasteiger partial charge is 0.216 e. The van der Waals surface area contributed by atoms with Crippen LogP contribution in [0.2, 0.25) is 0 Å². The molecule has 0 atom stereocenters. The maximum atomic E-state index is 12.6. The molecule has 2 aromatic carbocycles. The Morgan fingerprint density at radius 1 is 1.16 bits per heavy atom. The van der Waals surface area contributed by atoms with Gasteiger partial charge in [0.15, 0.2) is 0 Å². The second-order valence-electron chi connectivity index (χ2n) is 5.67. The largest absolute Gasteiger partial charge is 0.395 e. The number of allylic oxidation sites excluding steroid dienone is 1. The topological polar surface area (TPSA) is 81.4 Å². The first-order valence-electron chi connectivity index (χ1n) is 7.74. The summed E-state index contributed by atoms with van der Waals surface area (Å²) >= 11 is 0. The van der Waals surface area contributed by atoms with E-state index in [2.05, 4.69) is 0 Å². The van der Waals surface area contributed by atoms with Gasteiger partial charge in [-0.2, -0.15) is 5.26 Å². The number of hydrogen-bond donors (Lipinski definition) is 1. The van der Waals surface area contributed by atoms with Crippen LogP contribution >= 0.6 is 0 Å². The highest BCUT2D eigenvalue weighted by atomic mass is 32.2. The normalized spacial score (nSPS) is 11.8. The third-order valence-corrected chi connectivity index (χ3v) is 5.48. The molecular formula is C19H20N2O3S.